The van der Waals surface area contributed by atoms with Crippen molar-refractivity contribution in [3.8, 4) is 11.5 Å². The predicted molar refractivity (Wildman–Crippen MR) is 82.2 cm³/mol. The summed E-state index contributed by atoms with van der Waals surface area (Å²) in [6.45, 7) is 0. The summed E-state index contributed by atoms with van der Waals surface area (Å²) in [5, 5.41) is 9.76. The van der Waals surface area contributed by atoms with Gasteiger partial charge >= 0.3 is 6.36 Å². The van der Waals surface area contributed by atoms with Crippen LogP contribution in [0.25, 0.3) is 0 Å². The number of phenolic OH excluding ortho intramolecular Hbond substituents is 1. The van der Waals surface area contributed by atoms with Gasteiger partial charge in [-0.05, 0) is 29.8 Å². The molecule has 23 heavy (non-hydrogen) atoms. The van der Waals surface area contributed by atoms with E-state index in [4.69, 9.17) is 5.73 Å². The van der Waals surface area contributed by atoms with E-state index in [-0.39, 0.29) is 18.0 Å². The molecule has 0 saturated carbocycles. The maximum absolute atomic E-state index is 13.4. The maximum Gasteiger partial charge on any atom is 0.573 e. The molecule has 0 unspecified atom stereocenters. The SMILES string of the molecule is Cl.N[C@H](c1ccc(OC(F)(F)F)cc1)c1c(Br)ccc(F)c1O. The summed E-state index contributed by atoms with van der Waals surface area (Å²) < 4.78 is 53.8. The highest BCUT2D eigenvalue weighted by Gasteiger charge is 2.31. The fraction of sp³-hybridized carbons (Fsp3) is 0.143. The third-order valence-corrected chi connectivity index (χ3v) is 3.59. The smallest absolute Gasteiger partial charge is 0.505 e. The number of halogens is 6. The molecule has 9 heteroatoms. The zero-order chi connectivity index (χ0) is 16.5. The molecule has 2 aromatic rings. The molecule has 0 aliphatic rings. The molecule has 0 heterocycles. The van der Waals surface area contributed by atoms with Gasteiger partial charge in [-0.2, -0.15) is 0 Å². The first-order valence-corrected chi connectivity index (χ1v) is 6.76. The summed E-state index contributed by atoms with van der Waals surface area (Å²) in [6.07, 6.45) is -4.78. The lowest BCUT2D eigenvalue weighted by molar-refractivity contribution is -0.274. The third kappa shape index (κ3) is 4.73. The topological polar surface area (TPSA) is 55.5 Å². The first-order valence-electron chi connectivity index (χ1n) is 5.97. The van der Waals surface area contributed by atoms with Crippen LogP contribution in [0.2, 0.25) is 0 Å². The summed E-state index contributed by atoms with van der Waals surface area (Å²) in [7, 11) is 0. The van der Waals surface area contributed by atoms with Gasteiger partial charge in [0.2, 0.25) is 0 Å². The molecule has 3 N–H and O–H groups in total. The molecule has 0 aliphatic heterocycles. The molecule has 0 aliphatic carbocycles. The van der Waals surface area contributed by atoms with Crippen molar-refractivity contribution in [1.82, 2.24) is 0 Å². The zero-order valence-electron chi connectivity index (χ0n) is 11.3. The van der Waals surface area contributed by atoms with Gasteiger partial charge < -0.3 is 15.6 Å². The summed E-state index contributed by atoms with van der Waals surface area (Å²) in [6, 6.07) is 6.32. The van der Waals surface area contributed by atoms with E-state index >= 15 is 0 Å². The van der Waals surface area contributed by atoms with Crippen LogP contribution < -0.4 is 10.5 Å². The van der Waals surface area contributed by atoms with E-state index in [1.54, 1.807) is 0 Å². The molecule has 0 saturated heterocycles. The van der Waals surface area contributed by atoms with Crippen molar-refractivity contribution in [3.63, 3.8) is 0 Å². The van der Waals surface area contributed by atoms with E-state index in [2.05, 4.69) is 20.7 Å². The highest BCUT2D eigenvalue weighted by atomic mass is 79.9. The molecule has 3 nitrogen and oxygen atoms in total. The molecule has 0 bridgehead atoms. The van der Waals surface area contributed by atoms with Gasteiger partial charge in [0.05, 0.1) is 6.04 Å². The Morgan fingerprint density at radius 3 is 2.17 bits per heavy atom. The minimum Gasteiger partial charge on any atom is -0.505 e. The van der Waals surface area contributed by atoms with Crippen molar-refractivity contribution in [2.24, 2.45) is 5.73 Å². The molecule has 0 aromatic heterocycles. The van der Waals surface area contributed by atoms with Gasteiger partial charge in [-0.25, -0.2) is 4.39 Å². The van der Waals surface area contributed by atoms with Gasteiger partial charge in [0, 0.05) is 10.0 Å². The number of hydrogen-bond acceptors (Lipinski definition) is 3. The lowest BCUT2D eigenvalue weighted by atomic mass is 9.98. The van der Waals surface area contributed by atoms with Gasteiger partial charge in [0.25, 0.3) is 0 Å². The Morgan fingerprint density at radius 1 is 1.09 bits per heavy atom. The number of benzene rings is 2. The number of aromatic hydroxyl groups is 1. The van der Waals surface area contributed by atoms with Crippen molar-refractivity contribution in [3.05, 3.63) is 57.8 Å². The van der Waals surface area contributed by atoms with Crippen molar-refractivity contribution < 1.29 is 27.4 Å². The summed E-state index contributed by atoms with van der Waals surface area (Å²) in [5.74, 6) is -1.85. The van der Waals surface area contributed by atoms with Crippen LogP contribution in [-0.2, 0) is 0 Å². The third-order valence-electron chi connectivity index (χ3n) is 2.90. The van der Waals surface area contributed by atoms with Crippen LogP contribution in [0.3, 0.4) is 0 Å². The molecular formula is C14H11BrClF4NO2. The molecule has 0 fully saturated rings. The van der Waals surface area contributed by atoms with Crippen LogP contribution in [0.5, 0.6) is 11.5 Å². The van der Waals surface area contributed by atoms with E-state index < -0.39 is 29.7 Å². The number of rotatable bonds is 3. The van der Waals surface area contributed by atoms with E-state index in [9.17, 15) is 22.7 Å². The highest BCUT2D eigenvalue weighted by molar-refractivity contribution is 9.10. The van der Waals surface area contributed by atoms with Gasteiger partial charge in [-0.3, -0.25) is 0 Å². The standard InChI is InChI=1S/C14H10BrF4NO2.ClH/c15-9-5-6-10(16)13(21)11(9)12(20)7-1-3-8(4-2-7)22-14(17,18)19;/h1-6,12,21H,20H2;1H/t12-;/m1./s1. The monoisotopic (exact) mass is 415 g/mol. The normalized spacial score (nSPS) is 12.4. The predicted octanol–water partition coefficient (Wildman–Crippen LogP) is 4.66. The Balaban J connectivity index is 0.00000264. The van der Waals surface area contributed by atoms with Gasteiger partial charge in [-0.15, -0.1) is 25.6 Å². The Morgan fingerprint density at radius 2 is 1.65 bits per heavy atom. The first-order chi connectivity index (χ1) is 10.2. The van der Waals surface area contributed by atoms with Crippen LogP contribution >= 0.6 is 28.3 Å². The van der Waals surface area contributed by atoms with Gasteiger partial charge in [-0.1, -0.05) is 28.1 Å². The molecule has 0 spiro atoms. The molecular weight excluding hydrogens is 406 g/mol. The second kappa shape index (κ2) is 7.37. The fourth-order valence-electron chi connectivity index (χ4n) is 1.90. The van der Waals surface area contributed by atoms with E-state index in [1.807, 2.05) is 0 Å². The quantitative estimate of drug-likeness (QED) is 0.716. The molecule has 0 amide bonds. The molecule has 0 radical (unpaired) electrons. The molecule has 1 atom stereocenters. The zero-order valence-corrected chi connectivity index (χ0v) is 13.7. The average molecular weight is 417 g/mol. The lowest BCUT2D eigenvalue weighted by Gasteiger charge is -2.17. The number of phenols is 1. The molecule has 2 rings (SSSR count). The Hall–Kier alpha value is -1.51. The fourth-order valence-corrected chi connectivity index (χ4v) is 2.46. The minimum atomic E-state index is -4.78. The van der Waals surface area contributed by atoms with Crippen molar-refractivity contribution in [1.29, 1.82) is 0 Å². The van der Waals surface area contributed by atoms with Crippen molar-refractivity contribution >= 4 is 28.3 Å². The lowest BCUT2D eigenvalue weighted by Crippen LogP contribution is -2.17. The number of nitrogens with two attached hydrogens (primary N) is 1. The van der Waals surface area contributed by atoms with Crippen molar-refractivity contribution in [2.75, 3.05) is 0 Å². The summed E-state index contributed by atoms with van der Waals surface area (Å²) in [4.78, 5) is 0. The number of alkyl halides is 3. The Kier molecular flexibility index (Phi) is 6.26. The van der Waals surface area contributed by atoms with Crippen LogP contribution in [0.15, 0.2) is 40.9 Å². The van der Waals surface area contributed by atoms with Crippen LogP contribution in [0.1, 0.15) is 17.2 Å². The number of hydrogen-bond donors (Lipinski definition) is 2. The van der Waals surface area contributed by atoms with E-state index in [0.717, 1.165) is 18.2 Å². The largest absolute Gasteiger partial charge is 0.573 e. The first kappa shape index (κ1) is 19.5. The minimum absolute atomic E-state index is 0. The summed E-state index contributed by atoms with van der Waals surface area (Å²) in [5.41, 5.74) is 6.43. The number of ether oxygens (including phenoxy) is 1. The van der Waals surface area contributed by atoms with E-state index in [1.165, 1.54) is 18.2 Å². The molecule has 126 valence electrons. The Bertz CT molecular complexity index is 680. The van der Waals surface area contributed by atoms with Gasteiger partial charge in [0.1, 0.15) is 5.75 Å². The highest BCUT2D eigenvalue weighted by Crippen LogP contribution is 2.36. The van der Waals surface area contributed by atoms with Crippen LogP contribution in [-0.4, -0.2) is 11.5 Å². The average Bonchev–Trinajstić information content (AvgIpc) is 2.42. The second-order valence-corrected chi connectivity index (χ2v) is 5.24. The van der Waals surface area contributed by atoms with Crippen LogP contribution in [0, 0.1) is 5.82 Å². The molecule has 2 aromatic carbocycles. The van der Waals surface area contributed by atoms with Gasteiger partial charge in [0.15, 0.2) is 11.6 Å². The Labute approximate surface area is 143 Å². The van der Waals surface area contributed by atoms with Crippen LogP contribution in [0.4, 0.5) is 17.6 Å². The van der Waals surface area contributed by atoms with E-state index in [0.29, 0.717) is 10.0 Å². The summed E-state index contributed by atoms with van der Waals surface area (Å²) >= 11 is 3.15. The second-order valence-electron chi connectivity index (χ2n) is 4.39. The maximum atomic E-state index is 13.4. The van der Waals surface area contributed by atoms with Crippen molar-refractivity contribution in [2.45, 2.75) is 12.4 Å².